The fourth-order valence-corrected chi connectivity index (χ4v) is 4.94. The molecule has 1 aromatic carbocycles. The van der Waals surface area contributed by atoms with Crippen LogP contribution in [0.2, 0.25) is 0 Å². The fourth-order valence-electron chi connectivity index (χ4n) is 3.17. The highest BCUT2D eigenvalue weighted by atomic mass is 32.2. The van der Waals surface area contributed by atoms with Crippen LogP contribution in [0.25, 0.3) is 0 Å². The third-order valence-corrected chi connectivity index (χ3v) is 6.75. The van der Waals surface area contributed by atoms with Gasteiger partial charge in [0, 0.05) is 5.54 Å². The summed E-state index contributed by atoms with van der Waals surface area (Å²) in [5, 5.41) is 3.58. The smallest absolute Gasteiger partial charge is 0.150 e. The second-order valence-electron chi connectivity index (χ2n) is 8.46. The van der Waals surface area contributed by atoms with Crippen LogP contribution in [-0.2, 0) is 20.8 Å². The molecule has 1 aliphatic heterocycles. The van der Waals surface area contributed by atoms with Crippen molar-refractivity contribution in [3.63, 3.8) is 0 Å². The van der Waals surface area contributed by atoms with Gasteiger partial charge in [0.05, 0.1) is 11.5 Å². The molecule has 1 saturated heterocycles. The van der Waals surface area contributed by atoms with Gasteiger partial charge in [-0.05, 0) is 55.7 Å². The lowest BCUT2D eigenvalue weighted by atomic mass is 9.84. The van der Waals surface area contributed by atoms with E-state index in [1.54, 1.807) is 0 Å². The third-order valence-electron chi connectivity index (χ3n) is 4.86. The van der Waals surface area contributed by atoms with Crippen LogP contribution >= 0.6 is 0 Å². The van der Waals surface area contributed by atoms with Gasteiger partial charge in [-0.2, -0.15) is 0 Å². The SMILES string of the molecule is CC(C)(C)c1ccc(C(C)(C)NC[C@H]2CCCS(=O)(=O)C2)cc1. The minimum atomic E-state index is -2.83. The molecule has 0 aliphatic carbocycles. The van der Waals surface area contributed by atoms with Crippen molar-refractivity contribution in [2.24, 2.45) is 5.92 Å². The highest BCUT2D eigenvalue weighted by Crippen LogP contribution is 2.27. The molecular formula is C19H31NO2S. The van der Waals surface area contributed by atoms with Crippen LogP contribution in [0.15, 0.2) is 24.3 Å². The fraction of sp³-hybridized carbons (Fsp3) is 0.684. The first-order valence-corrected chi connectivity index (χ1v) is 10.4. The normalized spacial score (nSPS) is 22.0. The lowest BCUT2D eigenvalue weighted by molar-refractivity contribution is 0.350. The summed E-state index contributed by atoms with van der Waals surface area (Å²) in [5.74, 6) is 0.932. The first-order chi connectivity index (χ1) is 10.5. The van der Waals surface area contributed by atoms with Gasteiger partial charge >= 0.3 is 0 Å². The lowest BCUT2D eigenvalue weighted by Crippen LogP contribution is -2.42. The molecule has 0 bridgehead atoms. The summed E-state index contributed by atoms with van der Waals surface area (Å²) in [6.45, 7) is 11.7. The zero-order valence-corrected chi connectivity index (χ0v) is 16.0. The van der Waals surface area contributed by atoms with E-state index < -0.39 is 9.84 Å². The monoisotopic (exact) mass is 337 g/mol. The van der Waals surface area contributed by atoms with E-state index in [1.165, 1.54) is 11.1 Å². The number of hydrogen-bond donors (Lipinski definition) is 1. The summed E-state index contributed by atoms with van der Waals surface area (Å²) in [6.07, 6.45) is 1.81. The van der Waals surface area contributed by atoms with Gasteiger partial charge < -0.3 is 5.32 Å². The lowest BCUT2D eigenvalue weighted by Gasteiger charge is -2.31. The van der Waals surface area contributed by atoms with Gasteiger partial charge in [-0.1, -0.05) is 45.0 Å². The Morgan fingerprint density at radius 3 is 2.13 bits per heavy atom. The van der Waals surface area contributed by atoms with Crippen molar-refractivity contribution in [1.82, 2.24) is 5.32 Å². The molecule has 1 N–H and O–H groups in total. The molecule has 1 aliphatic rings. The molecular weight excluding hydrogens is 306 g/mol. The molecule has 1 atom stereocenters. The van der Waals surface area contributed by atoms with Gasteiger partial charge in [0.25, 0.3) is 0 Å². The molecule has 0 aromatic heterocycles. The average Bonchev–Trinajstić information content (AvgIpc) is 2.43. The molecule has 4 heteroatoms. The Kier molecular flexibility index (Phi) is 5.27. The van der Waals surface area contributed by atoms with Gasteiger partial charge in [-0.3, -0.25) is 0 Å². The first-order valence-electron chi connectivity index (χ1n) is 8.56. The van der Waals surface area contributed by atoms with E-state index in [9.17, 15) is 8.42 Å². The molecule has 2 rings (SSSR count). The molecule has 3 nitrogen and oxygen atoms in total. The molecule has 0 amide bonds. The minimum absolute atomic E-state index is 0.155. The molecule has 0 unspecified atom stereocenters. The number of sulfone groups is 1. The number of benzene rings is 1. The predicted molar refractivity (Wildman–Crippen MR) is 97.5 cm³/mol. The molecule has 1 heterocycles. The van der Waals surface area contributed by atoms with E-state index in [4.69, 9.17) is 0 Å². The summed E-state index contributed by atoms with van der Waals surface area (Å²) < 4.78 is 23.5. The summed E-state index contributed by atoms with van der Waals surface area (Å²) in [5.41, 5.74) is 2.57. The van der Waals surface area contributed by atoms with Crippen molar-refractivity contribution >= 4 is 9.84 Å². The van der Waals surface area contributed by atoms with Crippen molar-refractivity contribution in [2.75, 3.05) is 18.1 Å². The summed E-state index contributed by atoms with van der Waals surface area (Å²) in [6, 6.07) is 8.77. The Morgan fingerprint density at radius 1 is 1.04 bits per heavy atom. The van der Waals surface area contributed by atoms with Crippen LogP contribution in [0.1, 0.15) is 58.6 Å². The van der Waals surface area contributed by atoms with Gasteiger partial charge in [-0.25, -0.2) is 8.42 Å². The topological polar surface area (TPSA) is 46.2 Å². The Morgan fingerprint density at radius 2 is 1.61 bits per heavy atom. The van der Waals surface area contributed by atoms with Crippen LogP contribution in [0, 0.1) is 5.92 Å². The molecule has 23 heavy (non-hydrogen) atoms. The highest BCUT2D eigenvalue weighted by molar-refractivity contribution is 7.91. The Bertz CT molecular complexity index is 624. The van der Waals surface area contributed by atoms with E-state index in [0.717, 1.165) is 19.4 Å². The molecule has 0 radical (unpaired) electrons. The standard InChI is InChI=1S/C19H31NO2S/c1-18(2,3)16-8-10-17(11-9-16)19(4,5)20-13-15-7-6-12-23(21,22)14-15/h8-11,15,20H,6-7,12-14H2,1-5H3/t15-/m1/s1. The van der Waals surface area contributed by atoms with Crippen molar-refractivity contribution in [1.29, 1.82) is 0 Å². The van der Waals surface area contributed by atoms with Crippen LogP contribution < -0.4 is 5.32 Å². The van der Waals surface area contributed by atoms with Crippen molar-refractivity contribution in [3.05, 3.63) is 35.4 Å². The average molecular weight is 338 g/mol. The van der Waals surface area contributed by atoms with Gasteiger partial charge in [0.1, 0.15) is 0 Å². The zero-order valence-electron chi connectivity index (χ0n) is 15.1. The van der Waals surface area contributed by atoms with E-state index in [-0.39, 0.29) is 16.9 Å². The molecule has 1 aromatic rings. The summed E-state index contributed by atoms with van der Waals surface area (Å²) in [7, 11) is -2.83. The predicted octanol–water partition coefficient (Wildman–Crippen LogP) is 3.63. The van der Waals surface area contributed by atoms with Crippen molar-refractivity contribution in [3.8, 4) is 0 Å². The van der Waals surface area contributed by atoms with Crippen molar-refractivity contribution in [2.45, 2.75) is 58.4 Å². The Labute approximate surface area is 141 Å². The molecule has 0 spiro atoms. The van der Waals surface area contributed by atoms with E-state index >= 15 is 0 Å². The van der Waals surface area contributed by atoms with E-state index in [2.05, 4.69) is 64.2 Å². The maximum Gasteiger partial charge on any atom is 0.150 e. The Hall–Kier alpha value is -0.870. The largest absolute Gasteiger partial charge is 0.308 e. The van der Waals surface area contributed by atoms with Crippen LogP contribution in [-0.4, -0.2) is 26.5 Å². The minimum Gasteiger partial charge on any atom is -0.308 e. The number of hydrogen-bond acceptors (Lipinski definition) is 3. The third kappa shape index (κ3) is 5.05. The quantitative estimate of drug-likeness (QED) is 0.912. The number of nitrogens with one attached hydrogen (secondary N) is 1. The van der Waals surface area contributed by atoms with Crippen LogP contribution in [0.3, 0.4) is 0 Å². The van der Waals surface area contributed by atoms with Gasteiger partial charge in [0.15, 0.2) is 9.84 Å². The van der Waals surface area contributed by atoms with Crippen molar-refractivity contribution < 1.29 is 8.42 Å². The summed E-state index contributed by atoms with van der Waals surface area (Å²) >= 11 is 0. The molecule has 0 saturated carbocycles. The highest BCUT2D eigenvalue weighted by Gasteiger charge is 2.27. The van der Waals surface area contributed by atoms with Gasteiger partial charge in [0.2, 0.25) is 0 Å². The second-order valence-corrected chi connectivity index (χ2v) is 10.7. The molecule has 1 fully saturated rings. The molecule has 130 valence electrons. The first kappa shape index (κ1) is 18.5. The Balaban J connectivity index is 2.01. The second kappa shape index (κ2) is 6.56. The van der Waals surface area contributed by atoms with E-state index in [1.807, 2.05) is 0 Å². The maximum absolute atomic E-state index is 11.8. The zero-order chi connectivity index (χ0) is 17.3. The maximum atomic E-state index is 11.8. The van der Waals surface area contributed by atoms with Crippen LogP contribution in [0.4, 0.5) is 0 Å². The van der Waals surface area contributed by atoms with Crippen LogP contribution in [0.5, 0.6) is 0 Å². The van der Waals surface area contributed by atoms with Gasteiger partial charge in [-0.15, -0.1) is 0 Å². The summed E-state index contributed by atoms with van der Waals surface area (Å²) in [4.78, 5) is 0. The number of rotatable bonds is 4. The van der Waals surface area contributed by atoms with E-state index in [0.29, 0.717) is 11.5 Å².